The third-order valence-electron chi connectivity index (χ3n) is 11.7. The Hall–Kier alpha value is -6.26. The van der Waals surface area contributed by atoms with Crippen LogP contribution in [0.3, 0.4) is 0 Å². The van der Waals surface area contributed by atoms with Crippen molar-refractivity contribution in [2.75, 3.05) is 74.1 Å². The van der Waals surface area contributed by atoms with Gasteiger partial charge in [-0.15, -0.1) is 5.10 Å². The Morgan fingerprint density at radius 2 is 1.73 bits per heavy atom. The van der Waals surface area contributed by atoms with Gasteiger partial charge in [0.1, 0.15) is 23.1 Å². The summed E-state index contributed by atoms with van der Waals surface area (Å²) in [6.45, 7) is 6.67. The number of hydrogen-bond acceptors (Lipinski definition) is 12. The van der Waals surface area contributed by atoms with Crippen molar-refractivity contribution < 1.29 is 28.3 Å². The van der Waals surface area contributed by atoms with Crippen molar-refractivity contribution in [3.63, 3.8) is 0 Å². The van der Waals surface area contributed by atoms with Gasteiger partial charge in [-0.2, -0.15) is 0 Å². The summed E-state index contributed by atoms with van der Waals surface area (Å²) in [7, 11) is 0. The largest absolute Gasteiger partial charge is 0.385 e. The Kier molecular flexibility index (Phi) is 10.7. The molecule has 3 N–H and O–H groups in total. The molecule has 0 radical (unpaired) electrons. The number of carbonyl (C=O) groups is 4. The molecular weight excluding hydrogens is 756 g/mol. The molecule has 5 aromatic rings. The lowest BCUT2D eigenvalue weighted by molar-refractivity contribution is -0.134. The molecule has 2 aromatic carbocycles. The third kappa shape index (κ3) is 7.84. The Labute approximate surface area is 339 Å². The summed E-state index contributed by atoms with van der Waals surface area (Å²) in [5.74, 6) is -1.06. The molecule has 304 valence electrons. The second kappa shape index (κ2) is 16.5. The van der Waals surface area contributed by atoms with Crippen molar-refractivity contribution in [2.45, 2.75) is 44.1 Å². The van der Waals surface area contributed by atoms with Crippen LogP contribution < -0.4 is 25.8 Å². The monoisotopic (exact) mass is 800 g/mol. The fraction of sp³-hybridized carbons (Fsp3) is 0.372. The van der Waals surface area contributed by atoms with Gasteiger partial charge in [0, 0.05) is 70.1 Å². The van der Waals surface area contributed by atoms with Gasteiger partial charge in [-0.05, 0) is 79.8 Å². The predicted octanol–water partition coefficient (Wildman–Crippen LogP) is 4.32. The van der Waals surface area contributed by atoms with E-state index < -0.39 is 23.6 Å². The van der Waals surface area contributed by atoms with Gasteiger partial charge >= 0.3 is 0 Å². The molecule has 4 aliphatic rings. The number of imidazole rings is 1. The number of amides is 4. The first-order valence-corrected chi connectivity index (χ1v) is 20.3. The van der Waals surface area contributed by atoms with Gasteiger partial charge < -0.3 is 19.9 Å². The number of imide groups is 2. The van der Waals surface area contributed by atoms with Crippen LogP contribution in [0.25, 0.3) is 17.0 Å². The minimum absolute atomic E-state index is 0.0598. The van der Waals surface area contributed by atoms with Crippen LogP contribution in [-0.4, -0.2) is 107 Å². The zero-order valence-corrected chi connectivity index (χ0v) is 32.5. The molecule has 0 saturated carbocycles. The van der Waals surface area contributed by atoms with Gasteiger partial charge in [0.05, 0.1) is 41.6 Å². The first-order valence-electron chi connectivity index (χ1n) is 20.3. The zero-order chi connectivity index (χ0) is 40.5. The number of ether oxygens (including phenoxy) is 1. The molecule has 3 saturated heterocycles. The summed E-state index contributed by atoms with van der Waals surface area (Å²) >= 11 is 0. The number of fused-ring (bicyclic) bond motifs is 2. The van der Waals surface area contributed by atoms with Crippen LogP contribution >= 0.6 is 0 Å². The smallest absolute Gasteiger partial charge is 0.259 e. The highest BCUT2D eigenvalue weighted by atomic mass is 19.1. The number of benzene rings is 2. The number of piperidine rings is 1. The molecule has 3 aromatic heterocycles. The number of aromatic nitrogens is 4. The van der Waals surface area contributed by atoms with Gasteiger partial charge in [-0.3, -0.25) is 34.7 Å². The Morgan fingerprint density at radius 1 is 0.864 bits per heavy atom. The van der Waals surface area contributed by atoms with E-state index in [2.05, 4.69) is 35.6 Å². The Morgan fingerprint density at radius 3 is 2.58 bits per heavy atom. The standard InChI is InChI=1S/C43H45FN10O5/c44-28-6-1-5-27(25-28)33-8-3-17-53(33)37-14-13-35-46-26-34(54(35)50-37)31-7-2-9-36(47-31)52-20-18-51(19-21-52)22-24-59-23-4-16-45-32-12-10-30-40(43(58)49-42(30)57)39(32)29-11-15-38(55)48-41(29)56/h1-2,5-7,9-10,12-14,25-26,29,33,45H,3-4,8,11,15-24H2,(H,48,55,56)(H,49,57,58)/t29?,33-/m1/s1. The van der Waals surface area contributed by atoms with E-state index in [4.69, 9.17) is 14.8 Å². The number of nitrogens with zero attached hydrogens (tertiary/aromatic N) is 7. The second-order valence-corrected chi connectivity index (χ2v) is 15.4. The van der Waals surface area contributed by atoms with E-state index in [1.54, 1.807) is 24.3 Å². The number of anilines is 3. The van der Waals surface area contributed by atoms with Crippen molar-refractivity contribution in [3.05, 3.63) is 101 Å². The number of piperazine rings is 1. The lowest BCUT2D eigenvalue weighted by atomic mass is 9.84. The number of hydrogen-bond donors (Lipinski definition) is 3. The molecule has 0 aliphatic carbocycles. The first kappa shape index (κ1) is 38.3. The molecule has 3 fully saturated rings. The normalized spacial score (nSPS) is 19.7. The fourth-order valence-corrected chi connectivity index (χ4v) is 8.70. The highest BCUT2D eigenvalue weighted by Gasteiger charge is 2.38. The van der Waals surface area contributed by atoms with Crippen LogP contribution in [0.15, 0.2) is 72.9 Å². The van der Waals surface area contributed by atoms with Crippen LogP contribution in [0, 0.1) is 5.82 Å². The molecule has 0 spiro atoms. The number of nitrogens with one attached hydrogen (secondary N) is 3. The maximum atomic E-state index is 14.1. The lowest BCUT2D eigenvalue weighted by Crippen LogP contribution is -2.47. The summed E-state index contributed by atoms with van der Waals surface area (Å²) in [5, 5.41) is 13.0. The summed E-state index contributed by atoms with van der Waals surface area (Å²) in [6, 6.07) is 20.2. The molecule has 9 rings (SSSR count). The first-order chi connectivity index (χ1) is 28.8. The van der Waals surface area contributed by atoms with Crippen molar-refractivity contribution in [2.24, 2.45) is 0 Å². The quantitative estimate of drug-likeness (QED) is 0.114. The van der Waals surface area contributed by atoms with Crippen molar-refractivity contribution in [1.29, 1.82) is 0 Å². The minimum Gasteiger partial charge on any atom is -0.385 e. The average molecular weight is 801 g/mol. The van der Waals surface area contributed by atoms with Crippen LogP contribution in [0.5, 0.6) is 0 Å². The second-order valence-electron chi connectivity index (χ2n) is 15.4. The van der Waals surface area contributed by atoms with Crippen LogP contribution in [0.1, 0.15) is 75.9 Å². The van der Waals surface area contributed by atoms with E-state index in [-0.39, 0.29) is 41.7 Å². The number of rotatable bonds is 13. The highest BCUT2D eigenvalue weighted by molar-refractivity contribution is 6.23. The lowest BCUT2D eigenvalue weighted by Gasteiger charge is -2.35. The Balaban J connectivity index is 0.758. The van der Waals surface area contributed by atoms with Crippen LogP contribution in [0.4, 0.5) is 21.7 Å². The molecule has 59 heavy (non-hydrogen) atoms. The summed E-state index contributed by atoms with van der Waals surface area (Å²) < 4.78 is 21.9. The van der Waals surface area contributed by atoms with E-state index in [0.717, 1.165) is 86.3 Å². The summed E-state index contributed by atoms with van der Waals surface area (Å²) in [4.78, 5) is 66.2. The SMILES string of the molecule is O=C1CCC(c2c(NCCCOCCN3CCN(c4cccc(-c5cnc6ccc(N7CCC[C@@H]7c7cccc(F)c7)nn56)n4)CC3)ccc3c2C(=O)NC3=O)C(=O)N1. The third-order valence-corrected chi connectivity index (χ3v) is 11.7. The molecule has 16 heteroatoms. The number of pyridine rings is 1. The van der Waals surface area contributed by atoms with Gasteiger partial charge in [-0.25, -0.2) is 18.9 Å². The van der Waals surface area contributed by atoms with E-state index in [1.807, 2.05) is 47.1 Å². The molecule has 2 atom stereocenters. The maximum Gasteiger partial charge on any atom is 0.259 e. The maximum absolute atomic E-state index is 14.1. The van der Waals surface area contributed by atoms with Gasteiger partial charge in [0.15, 0.2) is 5.65 Å². The number of halogens is 1. The molecule has 4 aliphatic heterocycles. The molecule has 0 bridgehead atoms. The van der Waals surface area contributed by atoms with Crippen molar-refractivity contribution >= 4 is 46.6 Å². The Bertz CT molecular complexity index is 2430. The van der Waals surface area contributed by atoms with Crippen molar-refractivity contribution in [1.82, 2.24) is 35.1 Å². The van der Waals surface area contributed by atoms with Crippen LogP contribution in [0.2, 0.25) is 0 Å². The summed E-state index contributed by atoms with van der Waals surface area (Å²) in [6.07, 6.45) is 4.86. The van der Waals surface area contributed by atoms with Gasteiger partial charge in [0.25, 0.3) is 11.8 Å². The topological polar surface area (TPSA) is 166 Å². The van der Waals surface area contributed by atoms with Crippen molar-refractivity contribution in [3.8, 4) is 11.4 Å². The fourth-order valence-electron chi connectivity index (χ4n) is 8.70. The predicted molar refractivity (Wildman–Crippen MR) is 218 cm³/mol. The summed E-state index contributed by atoms with van der Waals surface area (Å²) in [5.41, 5.74) is 4.77. The van der Waals surface area contributed by atoms with Gasteiger partial charge in [0.2, 0.25) is 11.8 Å². The van der Waals surface area contributed by atoms with E-state index in [9.17, 15) is 23.6 Å². The van der Waals surface area contributed by atoms with E-state index in [1.165, 1.54) is 6.07 Å². The highest BCUT2D eigenvalue weighted by Crippen LogP contribution is 2.38. The molecule has 4 amide bonds. The zero-order valence-electron chi connectivity index (χ0n) is 32.5. The number of carbonyl (C=O) groups excluding carboxylic acids is 4. The molecular formula is C43H45FN10O5. The minimum atomic E-state index is -0.717. The van der Waals surface area contributed by atoms with E-state index >= 15 is 0 Å². The molecule has 15 nitrogen and oxygen atoms in total. The van der Waals surface area contributed by atoms with Gasteiger partial charge in [-0.1, -0.05) is 18.2 Å². The molecule has 7 heterocycles. The van der Waals surface area contributed by atoms with Crippen LogP contribution in [-0.2, 0) is 14.3 Å². The van der Waals surface area contributed by atoms with E-state index in [0.29, 0.717) is 37.4 Å². The molecule has 1 unspecified atom stereocenters. The average Bonchev–Trinajstić information content (AvgIpc) is 3.98.